The number of anilines is 1. The Balaban J connectivity index is 1.70. The van der Waals surface area contributed by atoms with E-state index in [0.29, 0.717) is 0 Å². The zero-order chi connectivity index (χ0) is 18.6. The molecule has 3 N–H and O–H groups in total. The van der Waals surface area contributed by atoms with Crippen LogP contribution in [0.4, 0.5) is 5.69 Å². The number of carbonyl (C=O) groups is 1. The Morgan fingerprint density at radius 3 is 2.04 bits per heavy atom. The normalized spacial score (nSPS) is 10.8. The Morgan fingerprint density at radius 1 is 0.889 bits per heavy atom. The molecule has 3 aromatic carbocycles. The summed E-state index contributed by atoms with van der Waals surface area (Å²) in [5.41, 5.74) is 10.4. The van der Waals surface area contributed by atoms with Crippen LogP contribution in [-0.2, 0) is 13.1 Å². The van der Waals surface area contributed by atoms with Crippen LogP contribution < -0.4 is 10.6 Å². The molecule has 1 amide bonds. The summed E-state index contributed by atoms with van der Waals surface area (Å²) in [6, 6.07) is 26.7. The number of imidazole rings is 1. The number of rotatable bonds is 6. The molecule has 1 heterocycles. The number of benzene rings is 3. The number of nitrogens with one attached hydrogen (secondary N) is 1. The second-order valence-electron chi connectivity index (χ2n) is 6.48. The van der Waals surface area contributed by atoms with E-state index in [4.69, 9.17) is 5.73 Å². The lowest BCUT2D eigenvalue weighted by atomic mass is 10.1. The smallest absolute Gasteiger partial charge is 0.284 e. The van der Waals surface area contributed by atoms with E-state index in [1.807, 2.05) is 54.6 Å². The molecule has 0 saturated heterocycles. The van der Waals surface area contributed by atoms with Gasteiger partial charge in [-0.25, -0.2) is 4.98 Å². The maximum atomic E-state index is 11.4. The van der Waals surface area contributed by atoms with E-state index >= 15 is 0 Å². The Kier molecular flexibility index (Phi) is 4.58. The third kappa shape index (κ3) is 3.82. The Bertz CT molecular complexity index is 1020. The zero-order valence-electron chi connectivity index (χ0n) is 14.8. The van der Waals surface area contributed by atoms with Crippen LogP contribution in [0.5, 0.6) is 0 Å². The molecule has 134 valence electrons. The number of H-pyrrole nitrogens is 1. The van der Waals surface area contributed by atoms with Crippen molar-refractivity contribution in [2.24, 2.45) is 5.73 Å². The summed E-state index contributed by atoms with van der Waals surface area (Å²) in [5, 5.41) is 0. The molecule has 0 spiro atoms. The molecule has 0 saturated carbocycles. The largest absolute Gasteiger partial charge is 0.363 e. The van der Waals surface area contributed by atoms with Crippen molar-refractivity contribution < 1.29 is 4.79 Å². The first kappa shape index (κ1) is 16.8. The number of nitrogens with two attached hydrogens (primary N) is 1. The van der Waals surface area contributed by atoms with Gasteiger partial charge < -0.3 is 15.6 Å². The standard InChI is InChI=1S/C22H20N4O/c23-21(27)22-24-19-12-11-18(13-20(19)25-22)26(14-16-7-3-1-4-8-16)15-17-9-5-2-6-10-17/h1-13H,14-15H2,(H2,23,27)(H,24,25). The summed E-state index contributed by atoms with van der Waals surface area (Å²) in [6.45, 7) is 1.54. The third-order valence-corrected chi connectivity index (χ3v) is 4.50. The fourth-order valence-corrected chi connectivity index (χ4v) is 3.15. The van der Waals surface area contributed by atoms with E-state index in [1.165, 1.54) is 11.1 Å². The van der Waals surface area contributed by atoms with Crippen LogP contribution in [0.25, 0.3) is 11.0 Å². The average molecular weight is 356 g/mol. The minimum absolute atomic E-state index is 0.180. The summed E-state index contributed by atoms with van der Waals surface area (Å²) in [6.07, 6.45) is 0. The van der Waals surface area contributed by atoms with Crippen LogP contribution in [-0.4, -0.2) is 15.9 Å². The molecule has 0 aliphatic heterocycles. The van der Waals surface area contributed by atoms with Crippen molar-refractivity contribution in [2.75, 3.05) is 4.90 Å². The van der Waals surface area contributed by atoms with Gasteiger partial charge in [-0.1, -0.05) is 60.7 Å². The molecule has 4 aromatic rings. The quantitative estimate of drug-likeness (QED) is 0.551. The summed E-state index contributed by atoms with van der Waals surface area (Å²) < 4.78 is 0. The topological polar surface area (TPSA) is 75.0 Å². The van der Waals surface area contributed by atoms with Crippen LogP contribution in [0.3, 0.4) is 0 Å². The van der Waals surface area contributed by atoms with Crippen LogP contribution in [0.1, 0.15) is 21.7 Å². The molecule has 0 aliphatic carbocycles. The lowest BCUT2D eigenvalue weighted by Gasteiger charge is -2.25. The highest BCUT2D eigenvalue weighted by molar-refractivity contribution is 5.93. The highest BCUT2D eigenvalue weighted by atomic mass is 16.1. The van der Waals surface area contributed by atoms with Crippen molar-refractivity contribution in [3.8, 4) is 0 Å². The van der Waals surface area contributed by atoms with Gasteiger partial charge in [0.15, 0.2) is 5.82 Å². The van der Waals surface area contributed by atoms with Crippen LogP contribution in [0, 0.1) is 0 Å². The molecule has 0 aliphatic rings. The molecule has 5 nitrogen and oxygen atoms in total. The zero-order valence-corrected chi connectivity index (χ0v) is 14.8. The van der Waals surface area contributed by atoms with Gasteiger partial charge in [-0.2, -0.15) is 0 Å². The number of carbonyl (C=O) groups excluding carboxylic acids is 1. The molecule has 0 radical (unpaired) electrons. The summed E-state index contributed by atoms with van der Waals surface area (Å²) in [5.74, 6) is -0.377. The molecule has 1 aromatic heterocycles. The fourth-order valence-electron chi connectivity index (χ4n) is 3.15. The number of aromatic nitrogens is 2. The van der Waals surface area contributed by atoms with Crippen LogP contribution in [0.2, 0.25) is 0 Å². The summed E-state index contributed by atoms with van der Waals surface area (Å²) in [4.78, 5) is 21.0. The first-order valence-corrected chi connectivity index (χ1v) is 8.81. The number of nitrogens with zero attached hydrogens (tertiary/aromatic N) is 2. The van der Waals surface area contributed by atoms with E-state index in [9.17, 15) is 4.79 Å². The van der Waals surface area contributed by atoms with Crippen LogP contribution in [0.15, 0.2) is 78.9 Å². The van der Waals surface area contributed by atoms with Gasteiger partial charge in [-0.3, -0.25) is 4.79 Å². The number of amides is 1. The van der Waals surface area contributed by atoms with Crippen molar-refractivity contribution in [3.63, 3.8) is 0 Å². The maximum absolute atomic E-state index is 11.4. The van der Waals surface area contributed by atoms with E-state index in [-0.39, 0.29) is 5.82 Å². The van der Waals surface area contributed by atoms with Gasteiger partial charge in [0.2, 0.25) is 0 Å². The SMILES string of the molecule is NC(=O)c1nc2cc(N(Cc3ccccc3)Cc3ccccc3)ccc2[nH]1. The Labute approximate surface area is 157 Å². The molecule has 5 heteroatoms. The number of aromatic amines is 1. The minimum atomic E-state index is -0.557. The number of hydrogen-bond donors (Lipinski definition) is 2. The minimum Gasteiger partial charge on any atom is -0.363 e. The number of hydrogen-bond acceptors (Lipinski definition) is 3. The molecule has 4 rings (SSSR count). The summed E-state index contributed by atoms with van der Waals surface area (Å²) in [7, 11) is 0. The molecular formula is C22H20N4O. The van der Waals surface area contributed by atoms with Crippen molar-refractivity contribution in [2.45, 2.75) is 13.1 Å². The highest BCUT2D eigenvalue weighted by Gasteiger charge is 2.12. The van der Waals surface area contributed by atoms with Crippen molar-refractivity contribution in [1.29, 1.82) is 0 Å². The van der Waals surface area contributed by atoms with Crippen molar-refractivity contribution in [3.05, 3.63) is 95.8 Å². The Hall–Kier alpha value is -3.60. The van der Waals surface area contributed by atoms with E-state index in [1.54, 1.807) is 0 Å². The lowest BCUT2D eigenvalue weighted by Crippen LogP contribution is -2.22. The molecular weight excluding hydrogens is 336 g/mol. The highest BCUT2D eigenvalue weighted by Crippen LogP contribution is 2.24. The van der Waals surface area contributed by atoms with Crippen LogP contribution >= 0.6 is 0 Å². The van der Waals surface area contributed by atoms with Gasteiger partial charge in [0.25, 0.3) is 5.91 Å². The van der Waals surface area contributed by atoms with Gasteiger partial charge in [-0.15, -0.1) is 0 Å². The first-order chi connectivity index (χ1) is 13.2. The predicted molar refractivity (Wildman–Crippen MR) is 107 cm³/mol. The summed E-state index contributed by atoms with van der Waals surface area (Å²) >= 11 is 0. The lowest BCUT2D eigenvalue weighted by molar-refractivity contribution is 0.0991. The molecule has 0 atom stereocenters. The predicted octanol–water partition coefficient (Wildman–Crippen LogP) is 3.87. The Morgan fingerprint density at radius 2 is 1.48 bits per heavy atom. The van der Waals surface area contributed by atoms with Crippen molar-refractivity contribution in [1.82, 2.24) is 9.97 Å². The monoisotopic (exact) mass is 356 g/mol. The molecule has 0 unspecified atom stereocenters. The first-order valence-electron chi connectivity index (χ1n) is 8.81. The van der Waals surface area contributed by atoms with Gasteiger partial charge >= 0.3 is 0 Å². The van der Waals surface area contributed by atoms with Gasteiger partial charge in [0.05, 0.1) is 11.0 Å². The molecule has 0 fully saturated rings. The second kappa shape index (κ2) is 7.33. The number of fused-ring (bicyclic) bond motifs is 1. The maximum Gasteiger partial charge on any atom is 0.284 e. The molecule has 0 bridgehead atoms. The van der Waals surface area contributed by atoms with Gasteiger partial charge in [-0.05, 0) is 29.3 Å². The van der Waals surface area contributed by atoms with E-state index in [2.05, 4.69) is 39.1 Å². The van der Waals surface area contributed by atoms with Gasteiger partial charge in [0, 0.05) is 18.8 Å². The van der Waals surface area contributed by atoms with Crippen molar-refractivity contribution >= 4 is 22.6 Å². The number of primary amides is 1. The van der Waals surface area contributed by atoms with E-state index < -0.39 is 5.91 Å². The van der Waals surface area contributed by atoms with Gasteiger partial charge in [0.1, 0.15) is 0 Å². The molecule has 27 heavy (non-hydrogen) atoms. The second-order valence-corrected chi connectivity index (χ2v) is 6.48. The average Bonchev–Trinajstić information content (AvgIpc) is 3.13. The van der Waals surface area contributed by atoms with E-state index in [0.717, 1.165) is 29.8 Å². The third-order valence-electron chi connectivity index (χ3n) is 4.50. The fraction of sp³-hybridized carbons (Fsp3) is 0.0909.